The summed E-state index contributed by atoms with van der Waals surface area (Å²) in [6.07, 6.45) is 3.25. The van der Waals surface area contributed by atoms with Crippen molar-refractivity contribution < 1.29 is 4.11 Å². The Hall–Kier alpha value is -6.78. The smallest absolute Gasteiger partial charge is 0.252 e. The summed E-state index contributed by atoms with van der Waals surface area (Å²) >= 11 is 0. The van der Waals surface area contributed by atoms with Crippen LogP contribution in [0.3, 0.4) is 0 Å². The van der Waals surface area contributed by atoms with Crippen LogP contribution in [0.5, 0.6) is 0 Å². The van der Waals surface area contributed by atoms with Gasteiger partial charge in [-0.25, -0.2) is 0 Å². The molecule has 0 unspecified atom stereocenters. The van der Waals surface area contributed by atoms with Crippen molar-refractivity contribution in [2.75, 3.05) is 14.7 Å². The van der Waals surface area contributed by atoms with E-state index >= 15 is 0 Å². The highest BCUT2D eigenvalue weighted by Gasteiger charge is 2.50. The Morgan fingerprint density at radius 1 is 0.487 bits per heavy atom. The third-order valence-corrected chi connectivity index (χ3v) is 18.9. The van der Waals surface area contributed by atoms with E-state index in [1.807, 2.05) is 12.1 Å². The van der Waals surface area contributed by atoms with Crippen molar-refractivity contribution in [2.45, 2.75) is 156 Å². The highest BCUT2D eigenvalue weighted by Crippen LogP contribution is 2.58. The molecule has 0 saturated carbocycles. The van der Waals surface area contributed by atoms with Gasteiger partial charge in [-0.3, -0.25) is 0 Å². The van der Waals surface area contributed by atoms with Gasteiger partial charge in [0.05, 0.1) is 0 Å². The van der Waals surface area contributed by atoms with Gasteiger partial charge in [-0.05, 0) is 210 Å². The summed E-state index contributed by atoms with van der Waals surface area (Å²) in [6.45, 7) is 30.8. The fourth-order valence-corrected chi connectivity index (χ4v) is 15.3. The molecule has 5 aliphatic rings. The van der Waals surface area contributed by atoms with Crippen LogP contribution in [0.15, 0.2) is 152 Å². The summed E-state index contributed by atoms with van der Waals surface area (Å²) in [6, 6.07) is 56.5. The predicted octanol–water partition coefficient (Wildman–Crippen LogP) is 17.8. The molecule has 2 heterocycles. The molecule has 8 aromatic carbocycles. The average Bonchev–Trinajstić information content (AvgIpc) is 3.41. The van der Waals surface area contributed by atoms with Crippen molar-refractivity contribution in [1.29, 1.82) is 0 Å². The number of para-hydroxylation sites is 2. The summed E-state index contributed by atoms with van der Waals surface area (Å²) in [5.41, 5.74) is 25.8. The van der Waals surface area contributed by atoms with Crippen molar-refractivity contribution in [2.24, 2.45) is 0 Å². The molecule has 0 spiro atoms. The SMILES string of the molecule is [2H]C([2H])([2H])c1cc2c3c(c1)N(c1cc4c(cc1C)C(C)(C)CCC4(C)C)c1cc4c(cc1B3c1ccc(N(c3ccccc3)c3ccccc3)cc1N2c1cc2c(c(C(C)(C)C)c1)C(C)(C)c1ccccc1-2)C(C)(C)CC4(C)C. The zero-order valence-electron chi connectivity index (χ0n) is 50.5. The van der Waals surface area contributed by atoms with E-state index < -0.39 is 6.85 Å². The van der Waals surface area contributed by atoms with Gasteiger partial charge in [-0.15, -0.1) is 0 Å². The largest absolute Gasteiger partial charge is 0.311 e. The van der Waals surface area contributed by atoms with E-state index in [2.05, 4.69) is 251 Å². The van der Waals surface area contributed by atoms with Gasteiger partial charge in [-0.2, -0.15) is 0 Å². The van der Waals surface area contributed by atoms with Crippen molar-refractivity contribution >= 4 is 74.3 Å². The molecule has 0 bridgehead atoms. The van der Waals surface area contributed by atoms with Gasteiger partial charge in [0, 0.05) is 60.7 Å². The lowest BCUT2D eigenvalue weighted by Crippen LogP contribution is -2.61. The van der Waals surface area contributed by atoms with E-state index in [1.54, 1.807) is 0 Å². The second-order valence-electron chi connectivity index (χ2n) is 27.5. The maximum Gasteiger partial charge on any atom is 0.252 e. The Kier molecular flexibility index (Phi) is 9.64. The number of hydrogen-bond donors (Lipinski definition) is 0. The number of nitrogens with zero attached hydrogens (tertiary/aromatic N) is 3. The van der Waals surface area contributed by atoms with E-state index in [0.717, 1.165) is 75.9 Å². The van der Waals surface area contributed by atoms with Gasteiger partial charge in [0.1, 0.15) is 0 Å². The Morgan fingerprint density at radius 3 is 1.67 bits per heavy atom. The quantitative estimate of drug-likeness (QED) is 0.159. The molecule has 3 nitrogen and oxygen atoms in total. The molecular weight excluding hydrogens is 918 g/mol. The summed E-state index contributed by atoms with van der Waals surface area (Å²) < 4.78 is 28.3. The van der Waals surface area contributed by atoms with E-state index in [9.17, 15) is 4.11 Å². The van der Waals surface area contributed by atoms with E-state index in [4.69, 9.17) is 0 Å². The van der Waals surface area contributed by atoms with Crippen LogP contribution in [0.4, 0.5) is 51.2 Å². The van der Waals surface area contributed by atoms with Crippen molar-refractivity contribution in [3.63, 3.8) is 0 Å². The first-order chi connectivity index (χ1) is 37.1. The van der Waals surface area contributed by atoms with E-state index in [0.29, 0.717) is 5.56 Å². The second-order valence-corrected chi connectivity index (χ2v) is 27.5. The van der Waals surface area contributed by atoms with Crippen molar-refractivity contribution in [1.82, 2.24) is 0 Å². The maximum atomic E-state index is 9.43. The van der Waals surface area contributed by atoms with Gasteiger partial charge in [0.2, 0.25) is 0 Å². The first-order valence-corrected chi connectivity index (χ1v) is 28.0. The topological polar surface area (TPSA) is 9.72 Å². The fraction of sp³-hybridized carbons (Fsp3) is 0.333. The molecule has 0 N–H and O–H groups in total. The number of fused-ring (bicyclic) bond motifs is 9. The fourth-order valence-electron chi connectivity index (χ4n) is 15.3. The van der Waals surface area contributed by atoms with Crippen LogP contribution < -0.4 is 31.1 Å². The van der Waals surface area contributed by atoms with E-state index in [1.165, 1.54) is 66.6 Å². The van der Waals surface area contributed by atoms with Gasteiger partial charge in [-0.1, -0.05) is 169 Å². The van der Waals surface area contributed by atoms with Crippen LogP contribution in [-0.4, -0.2) is 6.71 Å². The van der Waals surface area contributed by atoms with Crippen molar-refractivity contribution in [3.8, 4) is 11.1 Å². The molecule has 0 aromatic heterocycles. The Morgan fingerprint density at radius 2 is 1.04 bits per heavy atom. The molecule has 0 atom stereocenters. The highest BCUT2D eigenvalue weighted by molar-refractivity contribution is 7.00. The molecule has 13 rings (SSSR count). The zero-order valence-corrected chi connectivity index (χ0v) is 47.5. The summed E-state index contributed by atoms with van der Waals surface area (Å²) in [4.78, 5) is 7.34. The lowest BCUT2D eigenvalue weighted by molar-refractivity contribution is 0.332. The summed E-state index contributed by atoms with van der Waals surface area (Å²) in [5, 5.41) is 0. The van der Waals surface area contributed by atoms with Gasteiger partial charge in [0.15, 0.2) is 0 Å². The van der Waals surface area contributed by atoms with Crippen LogP contribution in [0.2, 0.25) is 0 Å². The monoisotopic (exact) mass is 997 g/mol. The lowest BCUT2D eigenvalue weighted by Gasteiger charge is -2.47. The predicted molar refractivity (Wildman–Crippen MR) is 327 cm³/mol. The zero-order chi connectivity index (χ0) is 55.9. The normalized spacial score (nSPS) is 19.0. The minimum absolute atomic E-state index is 0.0208. The molecule has 3 aliphatic carbocycles. The van der Waals surface area contributed by atoms with Crippen LogP contribution in [0, 0.1) is 13.8 Å². The second kappa shape index (κ2) is 16.1. The molecule has 0 saturated heterocycles. The van der Waals surface area contributed by atoms with Gasteiger partial charge in [0.25, 0.3) is 6.71 Å². The minimum Gasteiger partial charge on any atom is -0.311 e. The first kappa shape index (κ1) is 45.4. The van der Waals surface area contributed by atoms with Gasteiger partial charge >= 0.3 is 0 Å². The number of rotatable bonds is 5. The molecular formula is C72H76BN3. The number of benzene rings is 8. The third-order valence-electron chi connectivity index (χ3n) is 18.9. The van der Waals surface area contributed by atoms with Crippen molar-refractivity contribution in [3.05, 3.63) is 202 Å². The first-order valence-electron chi connectivity index (χ1n) is 29.5. The molecule has 2 aliphatic heterocycles. The summed E-state index contributed by atoms with van der Waals surface area (Å²) in [5.74, 6) is 0. The number of anilines is 9. The minimum atomic E-state index is -2.42. The molecule has 0 amide bonds. The van der Waals surface area contributed by atoms with E-state index in [-0.39, 0.29) is 39.2 Å². The van der Waals surface area contributed by atoms with Gasteiger partial charge < -0.3 is 14.7 Å². The Labute approximate surface area is 459 Å². The molecule has 8 aromatic rings. The van der Waals surface area contributed by atoms with Crippen LogP contribution >= 0.6 is 0 Å². The maximum absolute atomic E-state index is 9.43. The molecule has 76 heavy (non-hydrogen) atoms. The molecule has 4 heteroatoms. The van der Waals surface area contributed by atoms with Crippen LogP contribution in [0.25, 0.3) is 11.1 Å². The number of hydrogen-bond acceptors (Lipinski definition) is 3. The average molecular weight is 997 g/mol. The molecule has 0 radical (unpaired) electrons. The van der Waals surface area contributed by atoms with Crippen LogP contribution in [0.1, 0.15) is 163 Å². The third kappa shape index (κ3) is 7.07. The molecule has 0 fully saturated rings. The Bertz CT molecular complexity index is 3820. The summed E-state index contributed by atoms with van der Waals surface area (Å²) in [7, 11) is 0. The highest BCUT2D eigenvalue weighted by atomic mass is 15.2. The molecule has 382 valence electrons. The number of aryl methyl sites for hydroxylation is 2. The van der Waals surface area contributed by atoms with Crippen LogP contribution in [-0.2, 0) is 32.5 Å². The Balaban J connectivity index is 1.19. The lowest BCUT2D eigenvalue weighted by atomic mass is 9.33. The standard InChI is InChI=1S/C72H76BN3/c1-44-34-63-66-64(35-44)76(60-41-55-53(36-45(60)2)68(6,7)32-33-69(55,8)9)62-42-56-54(70(10,11)43-71(56,12)13)40-59(62)73(66)58-31-30-48(74(46-24-18-16-19-25-46)47-26-20-17-21-27-47)39-61(58)75(63)49-37-51-50-28-22-23-29-52(50)72(14,15)65(51)57(38-49)67(3,4)5/h16-31,34-42H,32-33,43H2,1-15H3/i1D3.